The van der Waals surface area contributed by atoms with Gasteiger partial charge in [0, 0.05) is 19.1 Å². The summed E-state index contributed by atoms with van der Waals surface area (Å²) in [4.78, 5) is 28.7. The summed E-state index contributed by atoms with van der Waals surface area (Å²) >= 11 is 0. The van der Waals surface area contributed by atoms with Crippen LogP contribution in [0.4, 0.5) is 0 Å². The average molecular weight is 515 g/mol. The van der Waals surface area contributed by atoms with E-state index >= 15 is 0 Å². The zero-order chi connectivity index (χ0) is 26.8. The molecule has 8 nitrogen and oxygen atoms in total. The highest BCUT2D eigenvalue weighted by atomic mass is 16.7. The Hall–Kier alpha value is -1.79. The molecular formula is C29H42N2O6. The molecule has 1 N–H and O–H groups in total. The third-order valence-corrected chi connectivity index (χ3v) is 11.0. The molecule has 0 aromatic rings. The number of hydrogen-bond donors (Lipinski definition) is 1. The minimum atomic E-state index is -1.26. The SMILES string of the molecule is CO[C@H]1CN(CC#N)C[C@H](OCC23C[C@@H]4[C@H](C)CC[C@H]4[C@@]4(C=O)CC2C=C(C(C)C)[C@@]34C(=O)O)O[C@@H]1C. The molecule has 3 saturated carbocycles. The number of fused-ring (bicyclic) bond motifs is 2. The Bertz CT molecular complexity index is 1010. The van der Waals surface area contributed by atoms with E-state index in [1.54, 1.807) is 7.11 Å². The second-order valence-corrected chi connectivity index (χ2v) is 12.7. The van der Waals surface area contributed by atoms with Crippen molar-refractivity contribution in [2.75, 3.05) is 33.4 Å². The van der Waals surface area contributed by atoms with Crippen LogP contribution in [-0.2, 0) is 23.8 Å². The number of carbonyl (C=O) groups is 2. The highest BCUT2D eigenvalue weighted by Gasteiger charge is 2.84. The van der Waals surface area contributed by atoms with Gasteiger partial charge in [0.25, 0.3) is 0 Å². The molecule has 10 atom stereocenters. The van der Waals surface area contributed by atoms with Crippen LogP contribution >= 0.6 is 0 Å². The van der Waals surface area contributed by atoms with Gasteiger partial charge in [-0.05, 0) is 55.8 Å². The molecule has 1 aliphatic heterocycles. The molecule has 0 spiro atoms. The fraction of sp³-hybridized carbons (Fsp3) is 0.828. The van der Waals surface area contributed by atoms with Gasteiger partial charge < -0.3 is 24.1 Å². The third-order valence-electron chi connectivity index (χ3n) is 11.0. The van der Waals surface area contributed by atoms with Crippen LogP contribution in [-0.4, -0.2) is 74.1 Å². The maximum Gasteiger partial charge on any atom is 0.315 e. The first-order chi connectivity index (χ1) is 17.6. The summed E-state index contributed by atoms with van der Waals surface area (Å²) in [5.41, 5.74) is -1.95. The molecule has 5 aliphatic rings. The van der Waals surface area contributed by atoms with Crippen LogP contribution in [0, 0.1) is 57.2 Å². The predicted octanol–water partition coefficient (Wildman–Crippen LogP) is 3.51. The predicted molar refractivity (Wildman–Crippen MR) is 135 cm³/mol. The Labute approximate surface area is 220 Å². The van der Waals surface area contributed by atoms with E-state index < -0.39 is 28.5 Å². The minimum Gasteiger partial charge on any atom is -0.481 e. The summed E-state index contributed by atoms with van der Waals surface area (Å²) < 4.78 is 18.5. The second-order valence-electron chi connectivity index (χ2n) is 12.7. The first-order valence-electron chi connectivity index (χ1n) is 13.9. The van der Waals surface area contributed by atoms with Gasteiger partial charge >= 0.3 is 5.97 Å². The van der Waals surface area contributed by atoms with E-state index in [9.17, 15) is 20.0 Å². The van der Waals surface area contributed by atoms with Crippen LogP contribution in [0.3, 0.4) is 0 Å². The standard InChI is InChI=1S/C29H42N2O6/c1-17(2)23-10-20-11-27(15-32)22-7-6-18(3)21(22)12-28(20,29(23,27)26(33)34)16-36-25-14-31(9-8-30)13-24(35-5)19(4)37-25/h10,15,17-22,24-25H,6-7,9,11-14,16H2,1-5H3,(H,33,34)/t18-,19-,20?,21-,22-,24+,25-,27+,28?,29+/m1/s1. The van der Waals surface area contributed by atoms with E-state index in [2.05, 4.69) is 32.9 Å². The highest BCUT2D eigenvalue weighted by Crippen LogP contribution is 2.82. The molecule has 1 heterocycles. The molecule has 0 aromatic carbocycles. The zero-order valence-corrected chi connectivity index (χ0v) is 22.8. The van der Waals surface area contributed by atoms with Gasteiger partial charge in [0.15, 0.2) is 6.29 Å². The van der Waals surface area contributed by atoms with E-state index in [1.807, 2.05) is 11.8 Å². The first-order valence-corrected chi connectivity index (χ1v) is 13.9. The van der Waals surface area contributed by atoms with Crippen molar-refractivity contribution in [1.29, 1.82) is 5.26 Å². The number of methoxy groups -OCH3 is 1. The number of aldehydes is 1. The van der Waals surface area contributed by atoms with Crippen molar-refractivity contribution in [2.24, 2.45) is 45.8 Å². The lowest BCUT2D eigenvalue weighted by molar-refractivity contribution is -0.219. The van der Waals surface area contributed by atoms with Gasteiger partial charge in [0.1, 0.15) is 11.7 Å². The molecule has 5 rings (SSSR count). The second kappa shape index (κ2) is 9.44. The summed E-state index contributed by atoms with van der Waals surface area (Å²) in [5.74, 6) is -0.000632. The Morgan fingerprint density at radius 1 is 1.32 bits per heavy atom. The zero-order valence-electron chi connectivity index (χ0n) is 22.8. The minimum absolute atomic E-state index is 0.0193. The highest BCUT2D eigenvalue weighted by molar-refractivity contribution is 5.90. The molecule has 1 saturated heterocycles. The lowest BCUT2D eigenvalue weighted by Gasteiger charge is -2.58. The number of allylic oxidation sites excluding steroid dienone is 1. The van der Waals surface area contributed by atoms with Crippen LogP contribution < -0.4 is 0 Å². The van der Waals surface area contributed by atoms with E-state index in [0.29, 0.717) is 31.3 Å². The Balaban J connectivity index is 1.54. The molecule has 37 heavy (non-hydrogen) atoms. The number of nitriles is 1. The number of carboxylic acids is 1. The van der Waals surface area contributed by atoms with Gasteiger partial charge in [-0.3, -0.25) is 9.69 Å². The van der Waals surface area contributed by atoms with Gasteiger partial charge in [-0.25, -0.2) is 0 Å². The van der Waals surface area contributed by atoms with Gasteiger partial charge in [0.2, 0.25) is 0 Å². The van der Waals surface area contributed by atoms with Crippen LogP contribution in [0.25, 0.3) is 0 Å². The number of aliphatic carboxylic acids is 1. The van der Waals surface area contributed by atoms with E-state index in [0.717, 1.165) is 31.1 Å². The lowest BCUT2D eigenvalue weighted by atomic mass is 9.43. The summed E-state index contributed by atoms with van der Waals surface area (Å²) in [6.07, 6.45) is 5.47. The topological polar surface area (TPSA) is 109 Å². The van der Waals surface area contributed by atoms with Crippen LogP contribution in [0.5, 0.6) is 0 Å². The van der Waals surface area contributed by atoms with Crippen molar-refractivity contribution in [2.45, 2.75) is 71.9 Å². The van der Waals surface area contributed by atoms with Gasteiger partial charge in [-0.1, -0.05) is 38.8 Å². The number of hydrogen-bond acceptors (Lipinski definition) is 7. The monoisotopic (exact) mass is 514 g/mol. The van der Waals surface area contributed by atoms with Gasteiger partial charge in [-0.15, -0.1) is 0 Å². The number of nitrogens with zero attached hydrogens (tertiary/aromatic N) is 2. The third kappa shape index (κ3) is 3.46. The number of rotatable bonds is 8. The van der Waals surface area contributed by atoms with Gasteiger partial charge in [-0.2, -0.15) is 5.26 Å². The molecule has 4 aliphatic carbocycles. The van der Waals surface area contributed by atoms with Crippen molar-refractivity contribution >= 4 is 12.3 Å². The largest absolute Gasteiger partial charge is 0.481 e. The smallest absolute Gasteiger partial charge is 0.315 e. The molecule has 0 amide bonds. The molecule has 204 valence electrons. The van der Waals surface area contributed by atoms with Crippen molar-refractivity contribution in [1.82, 2.24) is 4.90 Å². The first kappa shape index (κ1) is 26.8. The molecule has 0 radical (unpaired) electrons. The number of carbonyl (C=O) groups excluding carboxylic acids is 1. The fourth-order valence-electron chi connectivity index (χ4n) is 9.52. The van der Waals surface area contributed by atoms with Crippen LogP contribution in [0.2, 0.25) is 0 Å². The average Bonchev–Trinajstić information content (AvgIpc) is 3.38. The fourth-order valence-corrected chi connectivity index (χ4v) is 9.52. The van der Waals surface area contributed by atoms with E-state index in [1.165, 1.54) is 0 Å². The molecule has 8 heteroatoms. The van der Waals surface area contributed by atoms with Crippen molar-refractivity contribution in [3.63, 3.8) is 0 Å². The Morgan fingerprint density at radius 3 is 2.70 bits per heavy atom. The molecule has 0 aromatic heterocycles. The van der Waals surface area contributed by atoms with Gasteiger partial charge in [0.05, 0.1) is 43.4 Å². The Kier molecular flexibility index (Phi) is 6.84. The molecule has 2 unspecified atom stereocenters. The van der Waals surface area contributed by atoms with E-state index in [4.69, 9.17) is 14.2 Å². The van der Waals surface area contributed by atoms with Crippen molar-refractivity contribution < 1.29 is 28.9 Å². The number of carboxylic acid groups (broad SMARTS) is 1. The lowest BCUT2D eigenvalue weighted by Crippen LogP contribution is -2.63. The van der Waals surface area contributed by atoms with Crippen LogP contribution in [0.1, 0.15) is 53.4 Å². The van der Waals surface area contributed by atoms with Crippen molar-refractivity contribution in [3.8, 4) is 6.07 Å². The normalized spacial score (nSPS) is 46.8. The summed E-state index contributed by atoms with van der Waals surface area (Å²) in [5, 5.41) is 20.5. The maximum absolute atomic E-state index is 13.6. The molecule has 4 bridgehead atoms. The quantitative estimate of drug-likeness (QED) is 0.298. The maximum atomic E-state index is 13.6. The summed E-state index contributed by atoms with van der Waals surface area (Å²) in [6, 6.07) is 2.22. The van der Waals surface area contributed by atoms with Crippen LogP contribution in [0.15, 0.2) is 11.6 Å². The summed E-state index contributed by atoms with van der Waals surface area (Å²) in [7, 11) is 1.64. The Morgan fingerprint density at radius 2 is 2.08 bits per heavy atom. The van der Waals surface area contributed by atoms with Crippen molar-refractivity contribution in [3.05, 3.63) is 11.6 Å². The molecule has 4 fully saturated rings. The van der Waals surface area contributed by atoms with E-state index in [-0.39, 0.29) is 43.1 Å². The summed E-state index contributed by atoms with van der Waals surface area (Å²) in [6.45, 7) is 9.73. The molecular weight excluding hydrogens is 472 g/mol. The number of ether oxygens (including phenoxy) is 3.